The van der Waals surface area contributed by atoms with Gasteiger partial charge in [0.2, 0.25) is 5.91 Å². The van der Waals surface area contributed by atoms with E-state index in [0.29, 0.717) is 31.5 Å². The van der Waals surface area contributed by atoms with Crippen molar-refractivity contribution in [3.63, 3.8) is 0 Å². The number of hydrogen-bond donors (Lipinski definition) is 1. The van der Waals surface area contributed by atoms with Crippen molar-refractivity contribution in [3.05, 3.63) is 54.4 Å². The molecule has 7 heteroatoms. The smallest absolute Gasteiger partial charge is 0.321 e. The second-order valence-electron chi connectivity index (χ2n) is 9.49. The fourth-order valence-corrected chi connectivity index (χ4v) is 5.12. The monoisotopic (exact) mass is 448 g/mol. The lowest BCUT2D eigenvalue weighted by Gasteiger charge is -2.39. The molecule has 1 aromatic heterocycles. The third-order valence-electron chi connectivity index (χ3n) is 7.14. The van der Waals surface area contributed by atoms with Crippen molar-refractivity contribution in [3.8, 4) is 5.75 Å². The number of carbonyl (C=O) groups is 2. The van der Waals surface area contributed by atoms with E-state index in [4.69, 9.17) is 4.74 Å². The van der Waals surface area contributed by atoms with Gasteiger partial charge in [0.25, 0.3) is 0 Å². The van der Waals surface area contributed by atoms with Gasteiger partial charge in [-0.25, -0.2) is 4.79 Å². The van der Waals surface area contributed by atoms with Gasteiger partial charge in [-0.2, -0.15) is 0 Å². The minimum Gasteiger partial charge on any atom is -0.489 e. The molecule has 0 spiro atoms. The standard InChI is InChI=1S/C26H32N4O3/c31-25(19-5-2-1-3-6-19)29-14-12-24(18-29)33-23-10-8-22(9-11-23)28-26(32)30-16-21(17-30)20-7-4-13-27-15-20/h4,7-11,13,15,19,21,24H,1-3,5-6,12,14,16-18H2,(H,28,32)/t24-/m1/s1. The van der Waals surface area contributed by atoms with E-state index in [-0.39, 0.29) is 18.1 Å². The van der Waals surface area contributed by atoms with Crippen LogP contribution in [0.1, 0.15) is 50.0 Å². The first-order chi connectivity index (χ1) is 16.2. The van der Waals surface area contributed by atoms with Gasteiger partial charge in [0.1, 0.15) is 11.9 Å². The lowest BCUT2D eigenvalue weighted by molar-refractivity contribution is -0.135. The number of carbonyl (C=O) groups excluding carboxylic acids is 2. The van der Waals surface area contributed by atoms with Gasteiger partial charge in [-0.05, 0) is 48.7 Å². The number of nitrogens with zero attached hydrogens (tertiary/aromatic N) is 3. The first kappa shape index (κ1) is 21.7. The Bertz CT molecular complexity index is 953. The van der Waals surface area contributed by atoms with Crippen LogP contribution >= 0.6 is 0 Å². The van der Waals surface area contributed by atoms with Gasteiger partial charge in [-0.15, -0.1) is 0 Å². The summed E-state index contributed by atoms with van der Waals surface area (Å²) in [7, 11) is 0. The third-order valence-corrected chi connectivity index (χ3v) is 7.14. The van der Waals surface area contributed by atoms with Crippen molar-refractivity contribution in [2.45, 2.75) is 50.5 Å². The number of anilines is 1. The zero-order valence-electron chi connectivity index (χ0n) is 19.0. The molecule has 2 aliphatic heterocycles. The number of pyridine rings is 1. The van der Waals surface area contributed by atoms with Crippen LogP contribution < -0.4 is 10.1 Å². The van der Waals surface area contributed by atoms with E-state index in [1.165, 1.54) is 24.8 Å². The molecule has 5 rings (SSSR count). The van der Waals surface area contributed by atoms with E-state index in [1.54, 1.807) is 11.1 Å². The average Bonchev–Trinajstić information content (AvgIpc) is 3.29. The van der Waals surface area contributed by atoms with E-state index in [1.807, 2.05) is 41.4 Å². The molecule has 3 aliphatic rings. The molecule has 0 bridgehead atoms. The van der Waals surface area contributed by atoms with E-state index in [9.17, 15) is 9.59 Å². The highest BCUT2D eigenvalue weighted by Crippen LogP contribution is 2.29. The number of amides is 3. The molecular weight excluding hydrogens is 416 g/mol. The summed E-state index contributed by atoms with van der Waals surface area (Å²) in [6.45, 7) is 2.86. The van der Waals surface area contributed by atoms with Crippen LogP contribution in [-0.4, -0.2) is 59.0 Å². The fourth-order valence-electron chi connectivity index (χ4n) is 5.12. The second-order valence-corrected chi connectivity index (χ2v) is 9.49. The molecule has 33 heavy (non-hydrogen) atoms. The average molecular weight is 449 g/mol. The summed E-state index contributed by atoms with van der Waals surface area (Å²) in [6, 6.07) is 11.4. The van der Waals surface area contributed by atoms with Gasteiger partial charge in [-0.1, -0.05) is 25.3 Å². The van der Waals surface area contributed by atoms with Crippen LogP contribution in [0, 0.1) is 5.92 Å². The molecule has 3 amide bonds. The second kappa shape index (κ2) is 9.81. The predicted molar refractivity (Wildman–Crippen MR) is 126 cm³/mol. The summed E-state index contributed by atoms with van der Waals surface area (Å²) in [6.07, 6.45) is 10.2. The maximum Gasteiger partial charge on any atom is 0.321 e. The first-order valence-electron chi connectivity index (χ1n) is 12.2. The lowest BCUT2D eigenvalue weighted by atomic mass is 9.88. The van der Waals surface area contributed by atoms with Gasteiger partial charge in [0, 0.05) is 56.0 Å². The molecule has 1 aromatic carbocycles. The molecule has 3 heterocycles. The molecule has 0 unspecified atom stereocenters. The minimum absolute atomic E-state index is 0.0310. The maximum absolute atomic E-state index is 12.8. The molecule has 0 radical (unpaired) electrons. The Kier molecular flexibility index (Phi) is 6.46. The van der Waals surface area contributed by atoms with Crippen molar-refractivity contribution in [1.82, 2.24) is 14.8 Å². The summed E-state index contributed by atoms with van der Waals surface area (Å²) in [5, 5.41) is 2.96. The summed E-state index contributed by atoms with van der Waals surface area (Å²) < 4.78 is 6.12. The van der Waals surface area contributed by atoms with Gasteiger partial charge in [-0.3, -0.25) is 9.78 Å². The number of nitrogens with one attached hydrogen (secondary N) is 1. The molecule has 2 aromatic rings. The van der Waals surface area contributed by atoms with Gasteiger partial charge >= 0.3 is 6.03 Å². The third kappa shape index (κ3) is 5.13. The molecule has 1 aliphatic carbocycles. The topological polar surface area (TPSA) is 74.8 Å². The summed E-state index contributed by atoms with van der Waals surface area (Å²) in [5.41, 5.74) is 1.92. The highest BCUT2D eigenvalue weighted by Gasteiger charge is 2.33. The molecule has 1 atom stereocenters. The van der Waals surface area contributed by atoms with E-state index < -0.39 is 0 Å². The number of urea groups is 1. The van der Waals surface area contributed by atoms with Crippen LogP contribution in [0.3, 0.4) is 0 Å². The molecule has 2 saturated heterocycles. The van der Waals surface area contributed by atoms with Crippen molar-refractivity contribution in [1.29, 1.82) is 0 Å². The Morgan fingerprint density at radius 2 is 1.73 bits per heavy atom. The van der Waals surface area contributed by atoms with E-state index in [0.717, 1.165) is 37.2 Å². The van der Waals surface area contributed by atoms with Crippen molar-refractivity contribution < 1.29 is 14.3 Å². The van der Waals surface area contributed by atoms with Crippen LogP contribution in [0.15, 0.2) is 48.8 Å². The van der Waals surface area contributed by atoms with Crippen LogP contribution in [0.2, 0.25) is 0 Å². The highest BCUT2D eigenvalue weighted by molar-refractivity contribution is 5.90. The van der Waals surface area contributed by atoms with Gasteiger partial charge in [0.05, 0.1) is 6.54 Å². The number of rotatable bonds is 5. The van der Waals surface area contributed by atoms with Crippen LogP contribution in [0.4, 0.5) is 10.5 Å². The Balaban J connectivity index is 1.07. The molecule has 174 valence electrons. The quantitative estimate of drug-likeness (QED) is 0.741. The number of ether oxygens (including phenoxy) is 1. The van der Waals surface area contributed by atoms with Gasteiger partial charge < -0.3 is 19.9 Å². The van der Waals surface area contributed by atoms with Gasteiger partial charge in [0.15, 0.2) is 0 Å². The molecule has 1 saturated carbocycles. The highest BCUT2D eigenvalue weighted by atomic mass is 16.5. The van der Waals surface area contributed by atoms with E-state index in [2.05, 4.69) is 16.4 Å². The Labute approximate surface area is 195 Å². The Morgan fingerprint density at radius 1 is 0.939 bits per heavy atom. The maximum atomic E-state index is 12.8. The SMILES string of the molecule is O=C(Nc1ccc(O[C@@H]2CCN(C(=O)C3CCCCC3)C2)cc1)N1CC(c2cccnc2)C1. The van der Waals surface area contributed by atoms with Crippen molar-refractivity contribution in [2.24, 2.45) is 5.92 Å². The lowest BCUT2D eigenvalue weighted by Crippen LogP contribution is -2.50. The zero-order valence-corrected chi connectivity index (χ0v) is 19.0. The number of likely N-dealkylation sites (tertiary alicyclic amines) is 2. The molecular formula is C26H32N4O3. The Morgan fingerprint density at radius 3 is 2.45 bits per heavy atom. The predicted octanol–water partition coefficient (Wildman–Crippen LogP) is 4.27. The Hall–Kier alpha value is -3.09. The molecule has 7 nitrogen and oxygen atoms in total. The summed E-state index contributed by atoms with van der Waals surface area (Å²) in [4.78, 5) is 33.2. The van der Waals surface area contributed by atoms with Crippen molar-refractivity contribution in [2.75, 3.05) is 31.5 Å². The summed E-state index contributed by atoms with van der Waals surface area (Å²) >= 11 is 0. The summed E-state index contributed by atoms with van der Waals surface area (Å²) in [5.74, 6) is 1.66. The largest absolute Gasteiger partial charge is 0.489 e. The molecule has 1 N–H and O–H groups in total. The zero-order chi connectivity index (χ0) is 22.6. The number of benzene rings is 1. The van der Waals surface area contributed by atoms with Crippen molar-refractivity contribution >= 4 is 17.6 Å². The normalized spacial score (nSPS) is 21.5. The minimum atomic E-state index is -0.0866. The van der Waals surface area contributed by atoms with Crippen LogP contribution in [-0.2, 0) is 4.79 Å². The van der Waals surface area contributed by atoms with Crippen LogP contribution in [0.25, 0.3) is 0 Å². The number of aromatic nitrogens is 1. The fraction of sp³-hybridized carbons (Fsp3) is 0.500. The van der Waals surface area contributed by atoms with Crippen LogP contribution in [0.5, 0.6) is 5.75 Å². The molecule has 3 fully saturated rings. The van der Waals surface area contributed by atoms with E-state index >= 15 is 0 Å². The number of hydrogen-bond acceptors (Lipinski definition) is 4. The first-order valence-corrected chi connectivity index (χ1v) is 12.2.